The smallest absolute Gasteiger partial charge is 0.224 e. The lowest BCUT2D eigenvalue weighted by Crippen LogP contribution is -2.43. The van der Waals surface area contributed by atoms with E-state index in [1.165, 1.54) is 12.1 Å². The number of rotatable bonds is 5. The zero-order valence-electron chi connectivity index (χ0n) is 12.9. The van der Waals surface area contributed by atoms with Gasteiger partial charge in [-0.25, -0.2) is 4.39 Å². The van der Waals surface area contributed by atoms with Crippen molar-refractivity contribution in [3.63, 3.8) is 0 Å². The summed E-state index contributed by atoms with van der Waals surface area (Å²) in [6.45, 7) is 4.46. The Balaban J connectivity index is 1.86. The van der Waals surface area contributed by atoms with Crippen LogP contribution in [-0.4, -0.2) is 30.4 Å². The Morgan fingerprint density at radius 1 is 1.59 bits per heavy atom. The zero-order chi connectivity index (χ0) is 15.9. The van der Waals surface area contributed by atoms with Crippen molar-refractivity contribution in [2.24, 2.45) is 11.8 Å². The van der Waals surface area contributed by atoms with Crippen molar-refractivity contribution in [3.8, 4) is 6.07 Å². The van der Waals surface area contributed by atoms with Crippen molar-refractivity contribution in [2.75, 3.05) is 19.6 Å². The molecule has 1 aliphatic heterocycles. The van der Waals surface area contributed by atoms with Gasteiger partial charge in [-0.05, 0) is 44.0 Å². The molecule has 118 valence electrons. The number of carbonyl (C=O) groups excluding carboxylic acids is 1. The van der Waals surface area contributed by atoms with Crippen LogP contribution in [0.2, 0.25) is 0 Å². The summed E-state index contributed by atoms with van der Waals surface area (Å²) in [5, 5.41) is 11.6. The molecule has 0 bridgehead atoms. The second-order valence-electron chi connectivity index (χ2n) is 5.98. The van der Waals surface area contributed by atoms with E-state index in [4.69, 9.17) is 5.26 Å². The predicted molar refractivity (Wildman–Crippen MR) is 82.2 cm³/mol. The van der Waals surface area contributed by atoms with Crippen molar-refractivity contribution in [2.45, 2.75) is 26.3 Å². The second-order valence-corrected chi connectivity index (χ2v) is 5.98. The molecule has 1 amide bonds. The lowest BCUT2D eigenvalue weighted by molar-refractivity contribution is -0.126. The van der Waals surface area contributed by atoms with Gasteiger partial charge in [-0.15, -0.1) is 0 Å². The highest BCUT2D eigenvalue weighted by atomic mass is 19.1. The van der Waals surface area contributed by atoms with Crippen LogP contribution in [0.15, 0.2) is 24.3 Å². The Hall–Kier alpha value is -1.93. The van der Waals surface area contributed by atoms with Gasteiger partial charge in [0.15, 0.2) is 0 Å². The predicted octanol–water partition coefficient (Wildman–Crippen LogP) is 2.31. The fourth-order valence-corrected chi connectivity index (χ4v) is 2.75. The molecule has 2 unspecified atom stereocenters. The van der Waals surface area contributed by atoms with E-state index in [-0.39, 0.29) is 23.6 Å². The summed E-state index contributed by atoms with van der Waals surface area (Å²) < 4.78 is 13.2. The average molecular weight is 303 g/mol. The third kappa shape index (κ3) is 4.81. The van der Waals surface area contributed by atoms with Gasteiger partial charge in [-0.1, -0.05) is 12.1 Å². The van der Waals surface area contributed by atoms with Crippen LogP contribution in [0.1, 0.15) is 25.3 Å². The molecule has 2 rings (SSSR count). The van der Waals surface area contributed by atoms with Crippen LogP contribution in [0.3, 0.4) is 0 Å². The van der Waals surface area contributed by atoms with E-state index < -0.39 is 0 Å². The molecule has 1 saturated heterocycles. The van der Waals surface area contributed by atoms with Crippen molar-refractivity contribution in [3.05, 3.63) is 35.6 Å². The first-order valence-corrected chi connectivity index (χ1v) is 7.72. The van der Waals surface area contributed by atoms with Crippen molar-refractivity contribution in [1.82, 2.24) is 10.2 Å². The summed E-state index contributed by atoms with van der Waals surface area (Å²) >= 11 is 0. The maximum atomic E-state index is 13.2. The topological polar surface area (TPSA) is 56.1 Å². The van der Waals surface area contributed by atoms with Crippen LogP contribution in [-0.2, 0) is 11.3 Å². The van der Waals surface area contributed by atoms with Crippen molar-refractivity contribution in [1.29, 1.82) is 5.26 Å². The Morgan fingerprint density at radius 3 is 3.14 bits per heavy atom. The first-order chi connectivity index (χ1) is 10.6. The standard InChI is InChI=1S/C17H22FN3O/c1-13(9-19)10-20-17(22)15-5-3-7-21(12-15)11-14-4-2-6-16(18)8-14/h2,4,6,8,13,15H,3,5,7,10-12H2,1H3,(H,20,22). The Morgan fingerprint density at radius 2 is 2.41 bits per heavy atom. The first kappa shape index (κ1) is 16.4. The van der Waals surface area contributed by atoms with E-state index in [2.05, 4.69) is 16.3 Å². The molecule has 5 heteroatoms. The van der Waals surface area contributed by atoms with E-state index in [1.54, 1.807) is 13.0 Å². The number of nitrogens with zero attached hydrogens (tertiary/aromatic N) is 2. The third-order valence-corrected chi connectivity index (χ3v) is 3.97. The summed E-state index contributed by atoms with van der Waals surface area (Å²) in [4.78, 5) is 14.4. The van der Waals surface area contributed by atoms with Gasteiger partial charge in [-0.3, -0.25) is 9.69 Å². The number of amides is 1. The SMILES string of the molecule is CC(C#N)CNC(=O)C1CCCN(Cc2cccc(F)c2)C1. The third-order valence-electron chi connectivity index (χ3n) is 3.97. The molecule has 1 aromatic carbocycles. The second kappa shape index (κ2) is 7.90. The maximum Gasteiger partial charge on any atom is 0.224 e. The molecular weight excluding hydrogens is 281 g/mol. The van der Waals surface area contributed by atoms with Crippen molar-refractivity contribution < 1.29 is 9.18 Å². The molecule has 1 heterocycles. The van der Waals surface area contributed by atoms with E-state index in [0.717, 1.165) is 24.9 Å². The minimum atomic E-state index is -0.228. The minimum absolute atomic E-state index is 0.0195. The Labute approximate surface area is 130 Å². The average Bonchev–Trinajstić information content (AvgIpc) is 2.52. The zero-order valence-corrected chi connectivity index (χ0v) is 12.9. The normalized spacial score (nSPS) is 20.1. The highest BCUT2D eigenvalue weighted by Gasteiger charge is 2.25. The lowest BCUT2D eigenvalue weighted by Gasteiger charge is -2.32. The van der Waals surface area contributed by atoms with Gasteiger partial charge in [0.2, 0.25) is 5.91 Å². The van der Waals surface area contributed by atoms with Gasteiger partial charge in [0, 0.05) is 19.6 Å². The van der Waals surface area contributed by atoms with E-state index in [9.17, 15) is 9.18 Å². The van der Waals surface area contributed by atoms with Gasteiger partial charge in [-0.2, -0.15) is 5.26 Å². The molecular formula is C17H22FN3O. The molecule has 4 nitrogen and oxygen atoms in total. The molecule has 1 aliphatic rings. The first-order valence-electron chi connectivity index (χ1n) is 7.72. The maximum absolute atomic E-state index is 13.2. The van der Waals surface area contributed by atoms with Crippen LogP contribution < -0.4 is 5.32 Å². The number of carbonyl (C=O) groups is 1. The molecule has 0 spiro atoms. The highest BCUT2D eigenvalue weighted by molar-refractivity contribution is 5.79. The molecule has 1 fully saturated rings. The Bertz CT molecular complexity index is 555. The molecule has 22 heavy (non-hydrogen) atoms. The summed E-state index contributed by atoms with van der Waals surface area (Å²) in [5.74, 6) is -0.426. The van der Waals surface area contributed by atoms with E-state index in [1.807, 2.05) is 6.07 Å². The Kier molecular flexibility index (Phi) is 5.91. The number of benzene rings is 1. The van der Waals surface area contributed by atoms with E-state index >= 15 is 0 Å². The summed E-state index contributed by atoms with van der Waals surface area (Å²) in [6.07, 6.45) is 1.83. The molecule has 0 saturated carbocycles. The van der Waals surface area contributed by atoms with Gasteiger partial charge >= 0.3 is 0 Å². The fourth-order valence-electron chi connectivity index (χ4n) is 2.75. The molecule has 1 aromatic rings. The van der Waals surface area contributed by atoms with Crippen molar-refractivity contribution >= 4 is 5.91 Å². The molecule has 1 N–H and O–H groups in total. The molecule has 2 atom stereocenters. The summed E-state index contributed by atoms with van der Waals surface area (Å²) in [7, 11) is 0. The minimum Gasteiger partial charge on any atom is -0.355 e. The molecule has 0 radical (unpaired) electrons. The number of halogens is 1. The number of hydrogen-bond acceptors (Lipinski definition) is 3. The number of likely N-dealkylation sites (tertiary alicyclic amines) is 1. The van der Waals surface area contributed by atoms with Crippen LogP contribution in [0, 0.1) is 29.0 Å². The van der Waals surface area contributed by atoms with Crippen LogP contribution >= 0.6 is 0 Å². The fraction of sp³-hybridized carbons (Fsp3) is 0.529. The van der Waals surface area contributed by atoms with Crippen LogP contribution in [0.25, 0.3) is 0 Å². The van der Waals surface area contributed by atoms with Gasteiger partial charge in [0.25, 0.3) is 0 Å². The van der Waals surface area contributed by atoms with Crippen LogP contribution in [0.4, 0.5) is 4.39 Å². The quantitative estimate of drug-likeness (QED) is 0.908. The van der Waals surface area contributed by atoms with E-state index in [0.29, 0.717) is 19.6 Å². The monoisotopic (exact) mass is 303 g/mol. The summed E-state index contributed by atoms with van der Waals surface area (Å²) in [5.41, 5.74) is 0.930. The van der Waals surface area contributed by atoms with Gasteiger partial charge in [0.05, 0.1) is 17.9 Å². The number of piperidine rings is 1. The number of hydrogen-bond donors (Lipinski definition) is 1. The van der Waals surface area contributed by atoms with Crippen LogP contribution in [0.5, 0.6) is 0 Å². The van der Waals surface area contributed by atoms with Gasteiger partial charge in [0.1, 0.15) is 5.82 Å². The molecule has 0 aliphatic carbocycles. The number of nitriles is 1. The summed E-state index contributed by atoms with van der Waals surface area (Å²) in [6, 6.07) is 8.70. The number of nitrogens with one attached hydrogen (secondary N) is 1. The van der Waals surface area contributed by atoms with Gasteiger partial charge < -0.3 is 5.32 Å². The lowest BCUT2D eigenvalue weighted by atomic mass is 9.96. The molecule has 0 aromatic heterocycles. The highest BCUT2D eigenvalue weighted by Crippen LogP contribution is 2.19. The largest absolute Gasteiger partial charge is 0.355 e.